The maximum atomic E-state index is 13.0. The number of likely N-dealkylation sites (tertiary alicyclic amines) is 1. The van der Waals surface area contributed by atoms with Crippen LogP contribution in [0.25, 0.3) is 0 Å². The molecule has 148 valence electrons. The summed E-state index contributed by atoms with van der Waals surface area (Å²) in [6.45, 7) is 9.43. The summed E-state index contributed by atoms with van der Waals surface area (Å²) in [4.78, 5) is 32.0. The standard InChI is InChI=1S/C21H37N3O2/c1-17(25)19-5-3-4-6-20(19)21(26)24-11-8-18(9-12-24)7-10-23-15-13-22(2)14-16-23/h18-20H,3-16H2,1-2H3. The van der Waals surface area contributed by atoms with Gasteiger partial charge in [-0.3, -0.25) is 9.59 Å². The van der Waals surface area contributed by atoms with Crippen molar-refractivity contribution in [3.05, 3.63) is 0 Å². The highest BCUT2D eigenvalue weighted by Crippen LogP contribution is 2.33. The Hall–Kier alpha value is -0.940. The Morgan fingerprint density at radius 2 is 1.46 bits per heavy atom. The number of ketones is 1. The zero-order chi connectivity index (χ0) is 18.5. The van der Waals surface area contributed by atoms with Gasteiger partial charge in [0.1, 0.15) is 5.78 Å². The lowest BCUT2D eigenvalue weighted by atomic mass is 9.76. The lowest BCUT2D eigenvalue weighted by Crippen LogP contribution is -2.47. The number of nitrogens with zero attached hydrogens (tertiary/aromatic N) is 3. The molecule has 26 heavy (non-hydrogen) atoms. The molecule has 2 saturated heterocycles. The molecule has 0 bridgehead atoms. The molecule has 2 atom stereocenters. The molecule has 0 N–H and O–H groups in total. The summed E-state index contributed by atoms with van der Waals surface area (Å²) in [7, 11) is 2.20. The van der Waals surface area contributed by atoms with E-state index < -0.39 is 0 Å². The Morgan fingerprint density at radius 3 is 2.08 bits per heavy atom. The number of likely N-dealkylation sites (N-methyl/N-ethyl adjacent to an activating group) is 1. The highest BCUT2D eigenvalue weighted by molar-refractivity contribution is 5.87. The van der Waals surface area contributed by atoms with Crippen LogP contribution in [0.3, 0.4) is 0 Å². The van der Waals surface area contributed by atoms with Crippen molar-refractivity contribution in [2.75, 3.05) is 52.9 Å². The van der Waals surface area contributed by atoms with Crippen molar-refractivity contribution < 1.29 is 9.59 Å². The zero-order valence-corrected chi connectivity index (χ0v) is 16.8. The molecule has 3 rings (SSSR count). The molecule has 2 heterocycles. The van der Waals surface area contributed by atoms with Crippen molar-refractivity contribution in [2.45, 2.75) is 51.9 Å². The van der Waals surface area contributed by atoms with Gasteiger partial charge in [0.2, 0.25) is 5.91 Å². The minimum atomic E-state index is -0.0388. The molecule has 1 saturated carbocycles. The summed E-state index contributed by atoms with van der Waals surface area (Å²) in [5, 5.41) is 0. The molecule has 1 aliphatic carbocycles. The van der Waals surface area contributed by atoms with Gasteiger partial charge in [-0.05, 0) is 58.5 Å². The number of amides is 1. The molecular weight excluding hydrogens is 326 g/mol. The van der Waals surface area contributed by atoms with Gasteiger partial charge in [-0.1, -0.05) is 12.8 Å². The number of piperidine rings is 1. The van der Waals surface area contributed by atoms with Crippen LogP contribution in [-0.2, 0) is 9.59 Å². The quantitative estimate of drug-likeness (QED) is 0.751. The minimum absolute atomic E-state index is 0.0220. The SMILES string of the molecule is CC(=O)C1CCCCC1C(=O)N1CCC(CCN2CCN(C)CC2)CC1. The molecule has 3 aliphatic rings. The molecule has 2 aliphatic heterocycles. The lowest BCUT2D eigenvalue weighted by molar-refractivity contribution is -0.143. The first-order valence-corrected chi connectivity index (χ1v) is 10.7. The third-order valence-electron chi connectivity index (χ3n) is 6.98. The number of hydrogen-bond donors (Lipinski definition) is 0. The zero-order valence-electron chi connectivity index (χ0n) is 16.8. The van der Waals surface area contributed by atoms with Gasteiger partial charge < -0.3 is 14.7 Å². The first-order chi connectivity index (χ1) is 12.5. The molecular formula is C21H37N3O2. The average Bonchev–Trinajstić information content (AvgIpc) is 2.67. The predicted molar refractivity (Wildman–Crippen MR) is 104 cm³/mol. The Bertz CT molecular complexity index is 480. The number of piperazine rings is 1. The van der Waals surface area contributed by atoms with E-state index in [4.69, 9.17) is 0 Å². The largest absolute Gasteiger partial charge is 0.342 e. The van der Waals surface area contributed by atoms with E-state index in [-0.39, 0.29) is 23.5 Å². The van der Waals surface area contributed by atoms with Gasteiger partial charge in [0, 0.05) is 51.1 Å². The van der Waals surface area contributed by atoms with Crippen molar-refractivity contribution in [3.8, 4) is 0 Å². The Labute approximate surface area is 159 Å². The van der Waals surface area contributed by atoms with E-state index in [9.17, 15) is 9.59 Å². The van der Waals surface area contributed by atoms with E-state index in [0.717, 1.165) is 57.5 Å². The Morgan fingerprint density at radius 1 is 0.846 bits per heavy atom. The van der Waals surface area contributed by atoms with Gasteiger partial charge in [0.15, 0.2) is 0 Å². The van der Waals surface area contributed by atoms with Crippen LogP contribution >= 0.6 is 0 Å². The molecule has 0 aromatic rings. The van der Waals surface area contributed by atoms with E-state index in [1.54, 1.807) is 6.92 Å². The van der Waals surface area contributed by atoms with E-state index in [1.165, 1.54) is 39.1 Å². The predicted octanol–water partition coefficient (Wildman–Crippen LogP) is 2.26. The van der Waals surface area contributed by atoms with Gasteiger partial charge in [-0.15, -0.1) is 0 Å². The second-order valence-electron chi connectivity index (χ2n) is 8.81. The van der Waals surface area contributed by atoms with E-state index in [0.29, 0.717) is 0 Å². The first kappa shape index (κ1) is 19.8. The molecule has 1 amide bonds. The number of hydrogen-bond acceptors (Lipinski definition) is 4. The van der Waals surface area contributed by atoms with E-state index in [1.807, 2.05) is 0 Å². The van der Waals surface area contributed by atoms with Crippen molar-refractivity contribution >= 4 is 11.7 Å². The van der Waals surface area contributed by atoms with Crippen LogP contribution in [0.1, 0.15) is 51.9 Å². The molecule has 5 nitrogen and oxygen atoms in total. The topological polar surface area (TPSA) is 43.9 Å². The van der Waals surface area contributed by atoms with Gasteiger partial charge in [0.05, 0.1) is 0 Å². The van der Waals surface area contributed by atoms with Crippen LogP contribution in [0.4, 0.5) is 0 Å². The van der Waals surface area contributed by atoms with Crippen LogP contribution in [-0.4, -0.2) is 79.3 Å². The second-order valence-corrected chi connectivity index (χ2v) is 8.81. The van der Waals surface area contributed by atoms with Crippen LogP contribution in [0.2, 0.25) is 0 Å². The summed E-state index contributed by atoms with van der Waals surface area (Å²) in [5.41, 5.74) is 0. The fourth-order valence-corrected chi connectivity index (χ4v) is 5.03. The third kappa shape index (κ3) is 5.07. The van der Waals surface area contributed by atoms with Crippen molar-refractivity contribution in [1.29, 1.82) is 0 Å². The third-order valence-corrected chi connectivity index (χ3v) is 6.98. The molecule has 3 fully saturated rings. The van der Waals surface area contributed by atoms with Gasteiger partial charge in [-0.2, -0.15) is 0 Å². The highest BCUT2D eigenvalue weighted by atomic mass is 16.2. The van der Waals surface area contributed by atoms with Crippen molar-refractivity contribution in [1.82, 2.24) is 14.7 Å². The molecule has 0 radical (unpaired) electrons. The van der Waals surface area contributed by atoms with Crippen molar-refractivity contribution in [2.24, 2.45) is 17.8 Å². The summed E-state index contributed by atoms with van der Waals surface area (Å²) in [5.74, 6) is 1.18. The number of carbonyl (C=O) groups excluding carboxylic acids is 2. The molecule has 5 heteroatoms. The number of Topliss-reactive ketones (excluding diaryl/α,β-unsaturated/α-hetero) is 1. The monoisotopic (exact) mass is 363 g/mol. The van der Waals surface area contributed by atoms with Crippen LogP contribution in [0.5, 0.6) is 0 Å². The normalized spacial score (nSPS) is 29.7. The van der Waals surface area contributed by atoms with Gasteiger partial charge in [0.25, 0.3) is 0 Å². The minimum Gasteiger partial charge on any atom is -0.342 e. The average molecular weight is 364 g/mol. The molecule has 0 aromatic heterocycles. The fourth-order valence-electron chi connectivity index (χ4n) is 5.03. The van der Waals surface area contributed by atoms with Gasteiger partial charge >= 0.3 is 0 Å². The summed E-state index contributed by atoms with van der Waals surface area (Å²) in [6, 6.07) is 0. The van der Waals surface area contributed by atoms with Crippen LogP contribution in [0.15, 0.2) is 0 Å². The highest BCUT2D eigenvalue weighted by Gasteiger charge is 2.37. The van der Waals surface area contributed by atoms with E-state index in [2.05, 4.69) is 21.7 Å². The molecule has 0 aromatic carbocycles. The number of carbonyl (C=O) groups is 2. The first-order valence-electron chi connectivity index (χ1n) is 10.7. The number of rotatable bonds is 5. The summed E-state index contributed by atoms with van der Waals surface area (Å²) in [6.07, 6.45) is 7.56. The Kier molecular flexibility index (Phi) is 7.10. The summed E-state index contributed by atoms with van der Waals surface area (Å²) < 4.78 is 0. The second kappa shape index (κ2) is 9.32. The molecule has 2 unspecified atom stereocenters. The molecule has 0 spiro atoms. The maximum absolute atomic E-state index is 13.0. The fraction of sp³-hybridized carbons (Fsp3) is 0.905. The van der Waals surface area contributed by atoms with Gasteiger partial charge in [-0.25, -0.2) is 0 Å². The summed E-state index contributed by atoms with van der Waals surface area (Å²) >= 11 is 0. The van der Waals surface area contributed by atoms with E-state index >= 15 is 0 Å². The van der Waals surface area contributed by atoms with Crippen molar-refractivity contribution in [3.63, 3.8) is 0 Å². The smallest absolute Gasteiger partial charge is 0.226 e. The van der Waals surface area contributed by atoms with Crippen LogP contribution < -0.4 is 0 Å². The van der Waals surface area contributed by atoms with Crippen LogP contribution in [0, 0.1) is 17.8 Å². The maximum Gasteiger partial charge on any atom is 0.226 e. The Balaban J connectivity index is 1.41. The lowest BCUT2D eigenvalue weighted by Gasteiger charge is -2.38.